The smallest absolute Gasteiger partial charge is 0.320 e. The largest absolute Gasteiger partial charge is 0.465 e. The maximum Gasteiger partial charge on any atom is 0.320 e. The molecule has 0 spiro atoms. The van der Waals surface area contributed by atoms with Crippen LogP contribution in [0.15, 0.2) is 12.7 Å². The van der Waals surface area contributed by atoms with Gasteiger partial charge in [0.05, 0.1) is 13.2 Å². The molecule has 0 aromatic rings. The Morgan fingerprint density at radius 2 is 1.75 bits per heavy atom. The van der Waals surface area contributed by atoms with Crippen molar-refractivity contribution >= 4 is 11.9 Å². The van der Waals surface area contributed by atoms with Gasteiger partial charge in [-0.25, -0.2) is 0 Å². The number of hydrogen-bond donors (Lipinski definition) is 0. The lowest BCUT2D eigenvalue weighted by atomic mass is 9.86. The van der Waals surface area contributed by atoms with Crippen LogP contribution in [0.3, 0.4) is 0 Å². The number of carbonyl (C=O) groups is 2. The quantitative estimate of drug-likeness (QED) is 0.409. The van der Waals surface area contributed by atoms with Gasteiger partial charge in [0.15, 0.2) is 5.92 Å². The second-order valence-corrected chi connectivity index (χ2v) is 5.53. The van der Waals surface area contributed by atoms with Gasteiger partial charge in [-0.3, -0.25) is 9.59 Å². The molecular weight excluding hydrogens is 256 g/mol. The molecule has 20 heavy (non-hydrogen) atoms. The molecule has 3 atom stereocenters. The summed E-state index contributed by atoms with van der Waals surface area (Å²) in [6, 6.07) is 0. The zero-order chi connectivity index (χ0) is 15.1. The summed E-state index contributed by atoms with van der Waals surface area (Å²) in [5.41, 5.74) is 0. The Balaban J connectivity index is 2.75. The van der Waals surface area contributed by atoms with Crippen LogP contribution in [-0.2, 0) is 19.1 Å². The van der Waals surface area contributed by atoms with Crippen LogP contribution in [0.2, 0.25) is 0 Å². The number of allylic oxidation sites excluding steroid dienone is 1. The van der Waals surface area contributed by atoms with Crippen molar-refractivity contribution in [1.82, 2.24) is 0 Å². The Labute approximate surface area is 121 Å². The van der Waals surface area contributed by atoms with Gasteiger partial charge >= 0.3 is 11.9 Å². The summed E-state index contributed by atoms with van der Waals surface area (Å²) in [6.07, 6.45) is 4.54. The Morgan fingerprint density at radius 1 is 1.20 bits per heavy atom. The third-order valence-corrected chi connectivity index (χ3v) is 3.97. The average Bonchev–Trinajstić information content (AvgIpc) is 2.76. The SMILES string of the molecule is C=CC1CC(C)CC1CC(C(=O)OCC)C(=O)OCC. The predicted molar refractivity (Wildman–Crippen MR) is 76.9 cm³/mol. The van der Waals surface area contributed by atoms with E-state index >= 15 is 0 Å². The van der Waals surface area contributed by atoms with Gasteiger partial charge in [-0.15, -0.1) is 6.58 Å². The molecular formula is C16H26O4. The van der Waals surface area contributed by atoms with E-state index in [1.54, 1.807) is 13.8 Å². The first-order chi connectivity index (χ1) is 9.53. The monoisotopic (exact) mass is 282 g/mol. The number of rotatable bonds is 7. The second-order valence-electron chi connectivity index (χ2n) is 5.53. The van der Waals surface area contributed by atoms with E-state index in [2.05, 4.69) is 13.5 Å². The Bertz CT molecular complexity index is 332. The fraction of sp³-hybridized carbons (Fsp3) is 0.750. The molecule has 0 aromatic heterocycles. The first-order valence-corrected chi connectivity index (χ1v) is 7.49. The van der Waals surface area contributed by atoms with Crippen molar-refractivity contribution in [3.05, 3.63) is 12.7 Å². The first-order valence-electron chi connectivity index (χ1n) is 7.49. The summed E-state index contributed by atoms with van der Waals surface area (Å²) in [5.74, 6) is -0.444. The summed E-state index contributed by atoms with van der Waals surface area (Å²) < 4.78 is 10.0. The molecule has 1 rings (SSSR count). The summed E-state index contributed by atoms with van der Waals surface area (Å²) in [5, 5.41) is 0. The number of hydrogen-bond acceptors (Lipinski definition) is 4. The highest BCUT2D eigenvalue weighted by Crippen LogP contribution is 2.40. The predicted octanol–water partition coefficient (Wildman–Crippen LogP) is 2.97. The number of ether oxygens (including phenoxy) is 2. The van der Waals surface area contributed by atoms with Crippen molar-refractivity contribution in [3.8, 4) is 0 Å². The van der Waals surface area contributed by atoms with E-state index in [1.807, 2.05) is 6.08 Å². The van der Waals surface area contributed by atoms with Crippen LogP contribution < -0.4 is 0 Å². The van der Waals surface area contributed by atoms with Crippen molar-refractivity contribution in [2.24, 2.45) is 23.7 Å². The fourth-order valence-corrected chi connectivity index (χ4v) is 3.08. The van der Waals surface area contributed by atoms with Gasteiger partial charge in [0.1, 0.15) is 0 Å². The van der Waals surface area contributed by atoms with Gasteiger partial charge in [0, 0.05) is 0 Å². The molecule has 0 aromatic carbocycles. The van der Waals surface area contributed by atoms with Gasteiger partial charge in [0.25, 0.3) is 0 Å². The number of esters is 2. The van der Waals surface area contributed by atoms with Crippen molar-refractivity contribution < 1.29 is 19.1 Å². The lowest BCUT2D eigenvalue weighted by Crippen LogP contribution is -2.30. The molecule has 0 bridgehead atoms. The number of carbonyl (C=O) groups excluding carboxylic acids is 2. The fourth-order valence-electron chi connectivity index (χ4n) is 3.08. The van der Waals surface area contributed by atoms with E-state index in [1.165, 1.54) is 0 Å². The molecule has 0 radical (unpaired) electrons. The topological polar surface area (TPSA) is 52.6 Å². The van der Waals surface area contributed by atoms with Crippen LogP contribution in [0.25, 0.3) is 0 Å². The van der Waals surface area contributed by atoms with Crippen LogP contribution in [0.4, 0.5) is 0 Å². The van der Waals surface area contributed by atoms with Crippen LogP contribution in [0, 0.1) is 23.7 Å². The molecule has 4 nitrogen and oxygen atoms in total. The second kappa shape index (κ2) is 8.08. The lowest BCUT2D eigenvalue weighted by Gasteiger charge is -2.21. The Kier molecular flexibility index (Phi) is 6.76. The molecule has 3 unspecified atom stereocenters. The summed E-state index contributed by atoms with van der Waals surface area (Å²) in [7, 11) is 0. The maximum absolute atomic E-state index is 12.0. The molecule has 0 heterocycles. The van der Waals surface area contributed by atoms with Crippen LogP contribution in [0.1, 0.15) is 40.0 Å². The van der Waals surface area contributed by atoms with Crippen LogP contribution in [-0.4, -0.2) is 25.2 Å². The first kappa shape index (κ1) is 16.7. The molecule has 1 fully saturated rings. The molecule has 0 N–H and O–H groups in total. The maximum atomic E-state index is 12.0. The minimum absolute atomic E-state index is 0.278. The molecule has 1 aliphatic carbocycles. The zero-order valence-corrected chi connectivity index (χ0v) is 12.8. The zero-order valence-electron chi connectivity index (χ0n) is 12.8. The molecule has 4 heteroatoms. The molecule has 1 aliphatic rings. The van der Waals surface area contributed by atoms with E-state index < -0.39 is 17.9 Å². The minimum Gasteiger partial charge on any atom is -0.465 e. The van der Waals surface area contributed by atoms with Crippen LogP contribution in [0.5, 0.6) is 0 Å². The summed E-state index contributed by atoms with van der Waals surface area (Å²) in [4.78, 5) is 23.9. The van der Waals surface area contributed by atoms with Crippen molar-refractivity contribution in [3.63, 3.8) is 0 Å². The normalized spacial score (nSPS) is 25.5. The van der Waals surface area contributed by atoms with Crippen molar-refractivity contribution in [2.45, 2.75) is 40.0 Å². The highest BCUT2D eigenvalue weighted by molar-refractivity contribution is 5.94. The van der Waals surface area contributed by atoms with Gasteiger partial charge in [-0.2, -0.15) is 0 Å². The Hall–Kier alpha value is -1.32. The molecule has 0 aliphatic heterocycles. The van der Waals surface area contributed by atoms with E-state index in [0.717, 1.165) is 12.8 Å². The standard InChI is InChI=1S/C16H26O4/c1-5-12-8-11(4)9-13(12)10-14(15(17)19-6-2)16(18)20-7-3/h5,11-14H,1,6-10H2,2-4H3. The van der Waals surface area contributed by atoms with Gasteiger partial charge in [0.2, 0.25) is 0 Å². The van der Waals surface area contributed by atoms with Crippen molar-refractivity contribution in [1.29, 1.82) is 0 Å². The van der Waals surface area contributed by atoms with Gasteiger partial charge in [-0.05, 0) is 50.9 Å². The van der Waals surface area contributed by atoms with E-state index in [-0.39, 0.29) is 13.2 Å². The molecule has 1 saturated carbocycles. The van der Waals surface area contributed by atoms with E-state index in [0.29, 0.717) is 24.2 Å². The van der Waals surface area contributed by atoms with Crippen LogP contribution >= 0.6 is 0 Å². The van der Waals surface area contributed by atoms with Gasteiger partial charge in [-0.1, -0.05) is 13.0 Å². The Morgan fingerprint density at radius 3 is 2.20 bits per heavy atom. The molecule has 0 saturated heterocycles. The summed E-state index contributed by atoms with van der Waals surface area (Å²) >= 11 is 0. The van der Waals surface area contributed by atoms with E-state index in [9.17, 15) is 9.59 Å². The third-order valence-electron chi connectivity index (χ3n) is 3.97. The average molecular weight is 282 g/mol. The third kappa shape index (κ3) is 4.36. The van der Waals surface area contributed by atoms with E-state index in [4.69, 9.17) is 9.47 Å². The molecule has 0 amide bonds. The minimum atomic E-state index is -0.798. The highest BCUT2D eigenvalue weighted by Gasteiger charge is 2.37. The lowest BCUT2D eigenvalue weighted by molar-refractivity contribution is -0.162. The molecule has 114 valence electrons. The van der Waals surface area contributed by atoms with Gasteiger partial charge < -0.3 is 9.47 Å². The summed E-state index contributed by atoms with van der Waals surface area (Å²) in [6.45, 7) is 10.1. The highest BCUT2D eigenvalue weighted by atomic mass is 16.6. The van der Waals surface area contributed by atoms with Crippen molar-refractivity contribution in [2.75, 3.05) is 13.2 Å².